The van der Waals surface area contributed by atoms with E-state index in [-0.39, 0.29) is 36.3 Å². The van der Waals surface area contributed by atoms with Gasteiger partial charge in [-0.3, -0.25) is 9.59 Å². The van der Waals surface area contributed by atoms with E-state index in [1.165, 1.54) is 5.56 Å². The Morgan fingerprint density at radius 2 is 1.70 bits per heavy atom. The molecule has 1 aliphatic heterocycles. The van der Waals surface area contributed by atoms with Crippen LogP contribution in [0, 0.1) is 0 Å². The zero-order valence-electron chi connectivity index (χ0n) is 26.3. The lowest BCUT2D eigenvalue weighted by Crippen LogP contribution is -2.54. The molecule has 1 N–H and O–H groups in total. The highest BCUT2D eigenvalue weighted by atomic mass is 35.5. The number of hydrogen-bond donors (Lipinski definition) is 1. The molecule has 238 valence electrons. The van der Waals surface area contributed by atoms with Crippen molar-refractivity contribution in [2.24, 2.45) is 0 Å². The first-order chi connectivity index (χ1) is 20.4. The van der Waals surface area contributed by atoms with Crippen LogP contribution < -0.4 is 14.8 Å². The van der Waals surface area contributed by atoms with Gasteiger partial charge in [0.2, 0.25) is 5.91 Å². The SMILES string of the molecule is COCCCOc1cc(C(=O)N(C(C)C)[C@@H]2CC[C@H](CCN(C(=O)CCc3ccccc3)C3CC3)NC2)ccc1OC.Cl. The van der Waals surface area contributed by atoms with E-state index in [9.17, 15) is 9.59 Å². The maximum Gasteiger partial charge on any atom is 0.254 e. The number of nitrogens with zero attached hydrogens (tertiary/aromatic N) is 2. The van der Waals surface area contributed by atoms with Crippen molar-refractivity contribution in [1.82, 2.24) is 15.1 Å². The van der Waals surface area contributed by atoms with Gasteiger partial charge >= 0.3 is 0 Å². The molecule has 2 atom stereocenters. The Morgan fingerprint density at radius 3 is 2.33 bits per heavy atom. The van der Waals surface area contributed by atoms with Crippen molar-refractivity contribution in [1.29, 1.82) is 0 Å². The number of aryl methyl sites for hydroxylation is 1. The molecule has 2 aromatic carbocycles. The van der Waals surface area contributed by atoms with Crippen LogP contribution in [0.25, 0.3) is 0 Å². The summed E-state index contributed by atoms with van der Waals surface area (Å²) in [6.45, 7) is 6.79. The standard InChI is InChI=1S/C34H49N3O5.ClH/c1-25(2)37(34(39)27-12-17-31(41-4)32(23-27)42-22-8-21-40-3)30-14-13-28(35-24-30)19-20-36(29-15-16-29)33(38)18-11-26-9-6-5-7-10-26;/h5-7,9-10,12,17,23,25,28-30,35H,8,11,13-16,18-22,24H2,1-4H3;1H/t28-,30-;/m1./s1. The number of hydrogen-bond acceptors (Lipinski definition) is 6. The maximum atomic E-state index is 13.8. The highest BCUT2D eigenvalue weighted by Gasteiger charge is 2.34. The normalized spacial score (nSPS) is 18.1. The zero-order valence-corrected chi connectivity index (χ0v) is 27.1. The fourth-order valence-electron chi connectivity index (χ4n) is 5.89. The molecule has 43 heavy (non-hydrogen) atoms. The first kappa shape index (κ1) is 34.7. The van der Waals surface area contributed by atoms with Gasteiger partial charge in [0.25, 0.3) is 5.91 Å². The second-order valence-electron chi connectivity index (χ2n) is 11.8. The van der Waals surface area contributed by atoms with Crippen molar-refractivity contribution in [3.05, 3.63) is 59.7 Å². The third kappa shape index (κ3) is 10.1. The molecule has 9 heteroatoms. The van der Waals surface area contributed by atoms with Gasteiger partial charge < -0.3 is 29.3 Å². The molecule has 2 fully saturated rings. The molecule has 2 amide bonds. The molecule has 2 aliphatic rings. The maximum absolute atomic E-state index is 13.8. The van der Waals surface area contributed by atoms with Gasteiger partial charge in [0.1, 0.15) is 0 Å². The average molecular weight is 616 g/mol. The van der Waals surface area contributed by atoms with Crippen LogP contribution >= 0.6 is 12.4 Å². The van der Waals surface area contributed by atoms with Gasteiger partial charge in [-0.15, -0.1) is 12.4 Å². The molecule has 1 saturated heterocycles. The van der Waals surface area contributed by atoms with Crippen molar-refractivity contribution in [2.75, 3.05) is 40.5 Å². The number of nitrogens with one attached hydrogen (secondary N) is 1. The van der Waals surface area contributed by atoms with E-state index >= 15 is 0 Å². The molecular weight excluding hydrogens is 566 g/mol. The van der Waals surface area contributed by atoms with Crippen LogP contribution in [0.1, 0.15) is 74.7 Å². The summed E-state index contributed by atoms with van der Waals surface area (Å²) in [4.78, 5) is 31.0. The molecule has 1 aliphatic carbocycles. The third-order valence-electron chi connectivity index (χ3n) is 8.33. The largest absolute Gasteiger partial charge is 0.493 e. The summed E-state index contributed by atoms with van der Waals surface area (Å²) in [5.74, 6) is 1.46. The number of ether oxygens (including phenoxy) is 3. The number of carbonyl (C=O) groups excluding carboxylic acids is 2. The second kappa shape index (κ2) is 17.5. The molecule has 0 spiro atoms. The minimum Gasteiger partial charge on any atom is -0.493 e. The predicted molar refractivity (Wildman–Crippen MR) is 172 cm³/mol. The summed E-state index contributed by atoms with van der Waals surface area (Å²) in [6.07, 6.45) is 7.21. The molecule has 8 nitrogen and oxygen atoms in total. The fraction of sp³-hybridized carbons (Fsp3) is 0.588. The highest BCUT2D eigenvalue weighted by molar-refractivity contribution is 5.95. The fourth-order valence-corrected chi connectivity index (χ4v) is 5.89. The van der Waals surface area contributed by atoms with Crippen LogP contribution in [0.5, 0.6) is 11.5 Å². The first-order valence-electron chi connectivity index (χ1n) is 15.6. The van der Waals surface area contributed by atoms with E-state index < -0.39 is 0 Å². The zero-order chi connectivity index (χ0) is 29.9. The molecule has 0 radical (unpaired) electrons. The Balaban J connectivity index is 0.00000506. The summed E-state index contributed by atoms with van der Waals surface area (Å²) < 4.78 is 16.5. The summed E-state index contributed by atoms with van der Waals surface area (Å²) in [5.41, 5.74) is 1.81. The number of rotatable bonds is 16. The van der Waals surface area contributed by atoms with Gasteiger partial charge in [0.15, 0.2) is 11.5 Å². The van der Waals surface area contributed by atoms with Crippen LogP contribution in [-0.2, 0) is 16.0 Å². The number of benzene rings is 2. The van der Waals surface area contributed by atoms with Gasteiger partial charge in [-0.1, -0.05) is 30.3 Å². The van der Waals surface area contributed by atoms with Crippen LogP contribution in [-0.4, -0.2) is 86.3 Å². The molecule has 2 aromatic rings. The quantitative estimate of drug-likeness (QED) is 0.251. The first-order valence-corrected chi connectivity index (χ1v) is 15.6. The summed E-state index contributed by atoms with van der Waals surface area (Å²) in [5, 5.41) is 3.70. The Kier molecular flexibility index (Phi) is 14.1. The summed E-state index contributed by atoms with van der Waals surface area (Å²) in [6, 6.07) is 16.6. The van der Waals surface area contributed by atoms with Gasteiger partial charge in [0.05, 0.1) is 13.7 Å². The smallest absolute Gasteiger partial charge is 0.254 e. The van der Waals surface area contributed by atoms with E-state index in [2.05, 4.69) is 36.2 Å². The predicted octanol–water partition coefficient (Wildman–Crippen LogP) is 5.52. The van der Waals surface area contributed by atoms with Crippen LogP contribution in [0.15, 0.2) is 48.5 Å². The minimum absolute atomic E-state index is 0. The average Bonchev–Trinajstić information content (AvgIpc) is 3.85. The Labute approximate surface area is 263 Å². The Hall–Kier alpha value is -2.81. The van der Waals surface area contributed by atoms with Crippen molar-refractivity contribution in [2.45, 2.75) is 89.4 Å². The second-order valence-corrected chi connectivity index (χ2v) is 11.8. The van der Waals surface area contributed by atoms with Gasteiger partial charge in [-0.2, -0.15) is 0 Å². The highest BCUT2D eigenvalue weighted by Crippen LogP contribution is 2.31. The molecule has 1 saturated carbocycles. The summed E-state index contributed by atoms with van der Waals surface area (Å²) >= 11 is 0. The van der Waals surface area contributed by atoms with Crippen molar-refractivity contribution < 1.29 is 23.8 Å². The number of piperidine rings is 1. The third-order valence-corrected chi connectivity index (χ3v) is 8.33. The number of halogens is 1. The number of amides is 2. The lowest BCUT2D eigenvalue weighted by Gasteiger charge is -2.40. The van der Waals surface area contributed by atoms with Crippen LogP contribution in [0.2, 0.25) is 0 Å². The lowest BCUT2D eigenvalue weighted by atomic mass is 9.95. The minimum atomic E-state index is 0. The van der Waals surface area contributed by atoms with Crippen LogP contribution in [0.3, 0.4) is 0 Å². The molecule has 1 heterocycles. The molecule has 4 rings (SSSR count). The lowest BCUT2D eigenvalue weighted by molar-refractivity contribution is -0.131. The van der Waals surface area contributed by atoms with Crippen LogP contribution in [0.4, 0.5) is 0 Å². The van der Waals surface area contributed by atoms with E-state index in [0.29, 0.717) is 48.8 Å². The number of carbonyl (C=O) groups is 2. The van der Waals surface area contributed by atoms with Gasteiger partial charge in [-0.25, -0.2) is 0 Å². The number of methoxy groups -OCH3 is 2. The van der Waals surface area contributed by atoms with E-state index in [4.69, 9.17) is 14.2 Å². The van der Waals surface area contributed by atoms with E-state index in [1.807, 2.05) is 29.2 Å². The molecule has 0 unspecified atom stereocenters. The van der Waals surface area contributed by atoms with Crippen molar-refractivity contribution in [3.63, 3.8) is 0 Å². The monoisotopic (exact) mass is 615 g/mol. The molecule has 0 aromatic heterocycles. The van der Waals surface area contributed by atoms with E-state index in [0.717, 1.165) is 58.0 Å². The Bertz CT molecular complexity index is 1140. The van der Waals surface area contributed by atoms with Gasteiger partial charge in [-0.05, 0) is 76.1 Å². The molecule has 0 bridgehead atoms. The topological polar surface area (TPSA) is 80.3 Å². The van der Waals surface area contributed by atoms with E-state index in [1.54, 1.807) is 26.4 Å². The van der Waals surface area contributed by atoms with Crippen molar-refractivity contribution in [3.8, 4) is 11.5 Å². The summed E-state index contributed by atoms with van der Waals surface area (Å²) in [7, 11) is 3.27. The Morgan fingerprint density at radius 1 is 0.953 bits per heavy atom. The molecular formula is C34H50ClN3O5. The van der Waals surface area contributed by atoms with Gasteiger partial charge in [0, 0.05) is 69.4 Å². The van der Waals surface area contributed by atoms with Crippen molar-refractivity contribution >= 4 is 24.2 Å².